The Hall–Kier alpha value is -5.95. The molecule has 3 rings (SSSR count). The molecule has 0 spiro atoms. The maximum absolute atomic E-state index is 14.3. The van der Waals surface area contributed by atoms with E-state index in [4.69, 9.17) is 10.1 Å². The first-order chi connectivity index (χ1) is 29.9. The van der Waals surface area contributed by atoms with Crippen molar-refractivity contribution in [3.8, 4) is 0 Å². The highest BCUT2D eigenvalue weighted by Crippen LogP contribution is 2.35. The highest BCUT2D eigenvalue weighted by Gasteiger charge is 2.51. The van der Waals surface area contributed by atoms with E-state index in [1.807, 2.05) is 4.90 Å². The van der Waals surface area contributed by atoms with E-state index in [0.29, 0.717) is 51.9 Å². The van der Waals surface area contributed by atoms with Crippen LogP contribution in [0.15, 0.2) is 0 Å². The Morgan fingerprint density at radius 3 is 2.17 bits per heavy atom. The molecule has 0 aliphatic carbocycles. The van der Waals surface area contributed by atoms with Crippen LogP contribution in [0.5, 0.6) is 0 Å². The van der Waals surface area contributed by atoms with Gasteiger partial charge in [-0.15, -0.1) is 0 Å². The van der Waals surface area contributed by atoms with Gasteiger partial charge in [0.1, 0.15) is 30.9 Å². The lowest BCUT2D eigenvalue weighted by molar-refractivity contribution is -0.149. The maximum atomic E-state index is 14.3. The fourth-order valence-electron chi connectivity index (χ4n) is 7.77. The summed E-state index contributed by atoms with van der Waals surface area (Å²) < 4.78 is 4.77. The molecule has 0 aromatic rings. The average molecular weight is 896 g/mol. The van der Waals surface area contributed by atoms with Crippen LogP contribution in [-0.4, -0.2) is 210 Å². The zero-order chi connectivity index (χ0) is 46.6. The number of piperidine rings is 1. The largest absolute Gasteiger partial charge is 0.481 e. The van der Waals surface area contributed by atoms with Gasteiger partial charge in [0.05, 0.1) is 31.9 Å². The normalized spacial score (nSPS) is 22.9. The number of carbonyl (C=O) groups excluding carboxylic acids is 7. The molecule has 25 nitrogen and oxygen atoms in total. The van der Waals surface area contributed by atoms with Gasteiger partial charge in [-0.3, -0.25) is 63.2 Å². The van der Waals surface area contributed by atoms with Gasteiger partial charge in [0.25, 0.3) is 6.47 Å². The number of carbonyl (C=O) groups is 10. The number of likely N-dealkylation sites (N-methyl/N-ethyl adjacent to an activating group) is 1. The summed E-state index contributed by atoms with van der Waals surface area (Å²) in [5.74, 6) is -8.64. The van der Waals surface area contributed by atoms with Crippen molar-refractivity contribution >= 4 is 65.7 Å². The van der Waals surface area contributed by atoms with Gasteiger partial charge >= 0.3 is 17.9 Å². The summed E-state index contributed by atoms with van der Waals surface area (Å²) in [4.78, 5) is 132. The molecular formula is C38H61N11O14. The molecule has 63 heavy (non-hydrogen) atoms. The topological polar surface area (TPSA) is 350 Å². The summed E-state index contributed by atoms with van der Waals surface area (Å²) in [5.41, 5.74) is 0. The van der Waals surface area contributed by atoms with E-state index in [-0.39, 0.29) is 57.9 Å². The molecule has 25 heteroatoms. The van der Waals surface area contributed by atoms with Gasteiger partial charge in [-0.1, -0.05) is 0 Å². The lowest BCUT2D eigenvalue weighted by Gasteiger charge is -2.42. The van der Waals surface area contributed by atoms with Crippen molar-refractivity contribution in [2.45, 2.75) is 88.5 Å². The van der Waals surface area contributed by atoms with E-state index >= 15 is 0 Å². The second-order valence-corrected chi connectivity index (χ2v) is 15.9. The summed E-state index contributed by atoms with van der Waals surface area (Å²) in [7, 11) is 1.71. The van der Waals surface area contributed by atoms with Crippen LogP contribution in [0.4, 0.5) is 0 Å². The van der Waals surface area contributed by atoms with Gasteiger partial charge in [0.2, 0.25) is 35.4 Å². The fourth-order valence-corrected chi connectivity index (χ4v) is 7.77. The third kappa shape index (κ3) is 17.7. The minimum Gasteiger partial charge on any atom is -0.481 e. The fraction of sp³-hybridized carbons (Fsp3) is 0.711. The number of rotatable bonds is 25. The van der Waals surface area contributed by atoms with Crippen molar-refractivity contribution in [2.75, 3.05) is 79.2 Å². The number of hydrogen-bond acceptors (Lipinski definition) is 15. The van der Waals surface area contributed by atoms with Crippen molar-refractivity contribution in [3.05, 3.63) is 0 Å². The van der Waals surface area contributed by atoms with Crippen molar-refractivity contribution in [2.24, 2.45) is 5.92 Å². The summed E-state index contributed by atoms with van der Waals surface area (Å²) >= 11 is 0. The van der Waals surface area contributed by atoms with Gasteiger partial charge in [-0.2, -0.15) is 0 Å². The van der Waals surface area contributed by atoms with E-state index < -0.39 is 116 Å². The molecule has 3 aliphatic rings. The third-order valence-electron chi connectivity index (χ3n) is 10.9. The van der Waals surface area contributed by atoms with E-state index in [1.165, 1.54) is 9.80 Å². The summed E-state index contributed by atoms with van der Waals surface area (Å²) in [5, 5.41) is 51.3. The predicted octanol–water partition coefficient (Wildman–Crippen LogP) is -4.48. The highest BCUT2D eigenvalue weighted by molar-refractivity contribution is 5.98. The Bertz CT molecular complexity index is 1670. The number of carboxylic acids is 3. The van der Waals surface area contributed by atoms with E-state index in [9.17, 15) is 63.3 Å². The molecule has 0 radical (unpaired) electrons. The van der Waals surface area contributed by atoms with Crippen LogP contribution in [0.25, 0.3) is 0 Å². The Kier molecular flexibility index (Phi) is 21.1. The van der Waals surface area contributed by atoms with Crippen LogP contribution in [-0.2, 0) is 52.7 Å². The van der Waals surface area contributed by atoms with E-state index in [0.717, 1.165) is 0 Å². The zero-order valence-corrected chi connectivity index (χ0v) is 35.6. The smallest absolute Gasteiger partial charge is 0.317 e. The standard InChI is InChI=1S/C38H61N11O14/c1-23(39)40-9-3-5-26-35(59)42-18-30(52)43-27(16-31(53)54)36(60)45-34-24(15-25-7-8-28(37(61)44-26)49(25)38(34)62)17-41-29(51)6-4-10-47(12-11-46(2)21-63-22-50)13-14-48(19-32(55)56)20-33(57)58/h22,24-28,34H,3-21H2,1-2H3,(H2,39,40)(H,41,51)(H,42,59)(H,43,52)(H,44,61)(H,45,60)(H,53,54)(H,55,56)(H,57,58)/t24-,25-,26-,27-,28-,34+/m0/s1. The first-order valence-corrected chi connectivity index (χ1v) is 20.8. The maximum Gasteiger partial charge on any atom is 0.317 e. The first-order valence-electron chi connectivity index (χ1n) is 20.8. The molecule has 3 aliphatic heterocycles. The quantitative estimate of drug-likeness (QED) is 0.0136. The minimum absolute atomic E-state index is 0.00171. The number of amides is 6. The van der Waals surface area contributed by atoms with Crippen LogP contribution in [0.1, 0.15) is 58.3 Å². The number of carboxylic acid groups (broad SMARTS) is 3. The minimum atomic E-state index is -1.65. The van der Waals surface area contributed by atoms with Crippen molar-refractivity contribution in [1.82, 2.24) is 51.5 Å². The van der Waals surface area contributed by atoms with Crippen molar-refractivity contribution in [1.29, 1.82) is 5.41 Å². The molecule has 3 saturated heterocycles. The van der Waals surface area contributed by atoms with Gasteiger partial charge in [-0.05, 0) is 59.0 Å². The van der Waals surface area contributed by atoms with Gasteiger partial charge in [0.15, 0.2) is 0 Å². The highest BCUT2D eigenvalue weighted by atomic mass is 16.5. The Balaban J connectivity index is 1.76. The first kappa shape index (κ1) is 51.4. The van der Waals surface area contributed by atoms with Crippen LogP contribution >= 0.6 is 0 Å². The number of nitrogens with one attached hydrogen (secondary N) is 7. The van der Waals surface area contributed by atoms with Crippen LogP contribution in [0, 0.1) is 11.3 Å². The molecule has 0 unspecified atom stereocenters. The number of aliphatic carboxylic acids is 3. The van der Waals surface area contributed by atoms with E-state index in [2.05, 4.69) is 31.9 Å². The molecule has 0 aromatic carbocycles. The predicted molar refractivity (Wildman–Crippen MR) is 218 cm³/mol. The molecule has 10 N–H and O–H groups in total. The summed E-state index contributed by atoms with van der Waals surface area (Å²) in [6, 6.07) is -5.63. The molecule has 352 valence electrons. The molecule has 0 aromatic heterocycles. The molecule has 3 fully saturated rings. The molecular weight excluding hydrogens is 834 g/mol. The lowest BCUT2D eigenvalue weighted by Crippen LogP contribution is -2.65. The summed E-state index contributed by atoms with van der Waals surface area (Å²) in [6.45, 7) is 1.95. The molecule has 0 saturated carbocycles. The number of amidine groups is 1. The second kappa shape index (κ2) is 25.9. The SMILES string of the molecule is CC(=N)NCCC[C@@H]1NC(=O)[C@@H]2CC[C@H]3C[C@@H](CNC(=O)CCCN(CCN(C)COC=O)CCN(CC(=O)O)CC(=O)O)[C@@H](NC(=O)[C@H](CC(=O)O)NC(=O)CNC1=O)C(=O)N32. The third-order valence-corrected chi connectivity index (χ3v) is 10.9. The van der Waals surface area contributed by atoms with E-state index in [1.54, 1.807) is 18.9 Å². The molecule has 2 bridgehead atoms. The van der Waals surface area contributed by atoms with Gasteiger partial charge in [0, 0.05) is 57.6 Å². The van der Waals surface area contributed by atoms with Gasteiger partial charge in [-0.25, -0.2) is 0 Å². The lowest BCUT2D eigenvalue weighted by atomic mass is 9.85. The van der Waals surface area contributed by atoms with Crippen molar-refractivity contribution < 1.29 is 68.0 Å². The Labute approximate surface area is 363 Å². The average Bonchev–Trinajstić information content (AvgIpc) is 3.64. The number of nitrogens with zero attached hydrogens (tertiary/aromatic N) is 4. The van der Waals surface area contributed by atoms with Gasteiger partial charge < -0.3 is 61.8 Å². The molecule has 3 heterocycles. The monoisotopic (exact) mass is 895 g/mol. The summed E-state index contributed by atoms with van der Waals surface area (Å²) in [6.07, 6.45) is 0.769. The molecule has 6 amide bonds. The number of ether oxygens (including phenoxy) is 1. The van der Waals surface area contributed by atoms with Crippen molar-refractivity contribution in [3.63, 3.8) is 0 Å². The van der Waals surface area contributed by atoms with Crippen LogP contribution in [0.3, 0.4) is 0 Å². The van der Waals surface area contributed by atoms with Crippen LogP contribution < -0.4 is 31.9 Å². The number of fused-ring (bicyclic) bond motifs is 1. The zero-order valence-electron chi connectivity index (χ0n) is 35.6. The molecule has 6 atom stereocenters. The second-order valence-electron chi connectivity index (χ2n) is 15.9. The van der Waals surface area contributed by atoms with Crippen LogP contribution in [0.2, 0.25) is 0 Å². The Morgan fingerprint density at radius 1 is 0.841 bits per heavy atom. The number of hydrogen-bond donors (Lipinski definition) is 10. The Morgan fingerprint density at radius 2 is 1.52 bits per heavy atom.